The number of carbonyl (C=O) groups excluding carboxylic acids is 2. The van der Waals surface area contributed by atoms with Crippen molar-refractivity contribution in [3.05, 3.63) is 0 Å². The Hall–Kier alpha value is -1.26. The molecule has 5 nitrogen and oxygen atoms in total. The molecule has 0 heterocycles. The van der Waals surface area contributed by atoms with Crippen LogP contribution in [0.2, 0.25) is 0 Å². The molecule has 0 aromatic rings. The Bertz CT molecular complexity index is 445. The minimum absolute atomic E-state index is 0.0436. The van der Waals surface area contributed by atoms with E-state index in [1.165, 1.54) is 81.9 Å². The van der Waals surface area contributed by atoms with E-state index in [0.717, 1.165) is 12.8 Å². The highest BCUT2D eigenvalue weighted by atomic mass is 16.6. The van der Waals surface area contributed by atoms with Crippen LogP contribution in [-0.4, -0.2) is 43.3 Å². The van der Waals surface area contributed by atoms with E-state index in [1.54, 1.807) is 0 Å². The average molecular weight is 442 g/mol. The van der Waals surface area contributed by atoms with Crippen LogP contribution >= 0.6 is 0 Å². The maximum atomic E-state index is 12.1. The fraction of sp³-hybridized carbons (Fsp3) is 0.923. The number of hydrogen-bond donors (Lipinski definition) is 0. The lowest BCUT2D eigenvalue weighted by molar-refractivity contribution is -0.144. The van der Waals surface area contributed by atoms with Gasteiger partial charge in [0, 0.05) is 6.54 Å². The van der Waals surface area contributed by atoms with Gasteiger partial charge < -0.3 is 9.47 Å². The standard InChI is InChI=1S/C26H51NO4/c1-6-8-9-10-11-12-13-14-15-16-17-18-19-20-21-30-24(28)22-27(7-2)25(29)31-23-26(3,4)5/h6-23H2,1-5H3. The molecular weight excluding hydrogens is 390 g/mol. The Labute approximate surface area is 192 Å². The summed E-state index contributed by atoms with van der Waals surface area (Å²) >= 11 is 0. The second-order valence-corrected chi connectivity index (χ2v) is 9.95. The minimum Gasteiger partial charge on any atom is -0.464 e. The van der Waals surface area contributed by atoms with Crippen molar-refractivity contribution in [1.82, 2.24) is 4.90 Å². The van der Waals surface area contributed by atoms with Gasteiger partial charge in [0.15, 0.2) is 0 Å². The number of hydrogen-bond acceptors (Lipinski definition) is 4. The number of ether oxygens (including phenoxy) is 2. The van der Waals surface area contributed by atoms with Crippen LogP contribution in [0, 0.1) is 5.41 Å². The second kappa shape index (κ2) is 19.4. The summed E-state index contributed by atoms with van der Waals surface area (Å²) in [5.41, 5.74) is -0.0938. The molecule has 0 aliphatic heterocycles. The van der Waals surface area contributed by atoms with Crippen molar-refractivity contribution >= 4 is 12.1 Å². The lowest BCUT2D eigenvalue weighted by atomic mass is 9.99. The van der Waals surface area contributed by atoms with E-state index >= 15 is 0 Å². The molecule has 0 aliphatic carbocycles. The van der Waals surface area contributed by atoms with E-state index in [0.29, 0.717) is 19.8 Å². The van der Waals surface area contributed by atoms with Crippen molar-refractivity contribution in [2.75, 3.05) is 26.3 Å². The van der Waals surface area contributed by atoms with Crippen molar-refractivity contribution < 1.29 is 19.1 Å². The Morgan fingerprint density at radius 2 is 1.13 bits per heavy atom. The molecule has 0 saturated heterocycles. The monoisotopic (exact) mass is 441 g/mol. The first-order chi connectivity index (χ1) is 14.8. The molecule has 0 bridgehead atoms. The molecule has 31 heavy (non-hydrogen) atoms. The third-order valence-electron chi connectivity index (χ3n) is 5.35. The van der Waals surface area contributed by atoms with Crippen molar-refractivity contribution in [2.24, 2.45) is 5.41 Å². The SMILES string of the molecule is CCCCCCCCCCCCCCCCOC(=O)CN(CC)C(=O)OCC(C)(C)C. The van der Waals surface area contributed by atoms with Gasteiger partial charge in [-0.05, 0) is 18.8 Å². The Balaban J connectivity index is 3.55. The third-order valence-corrected chi connectivity index (χ3v) is 5.35. The fourth-order valence-corrected chi connectivity index (χ4v) is 3.36. The zero-order valence-electron chi connectivity index (χ0n) is 21.3. The summed E-state index contributed by atoms with van der Waals surface area (Å²) in [5, 5.41) is 0. The van der Waals surface area contributed by atoms with Gasteiger partial charge in [0.1, 0.15) is 6.54 Å². The summed E-state index contributed by atoms with van der Waals surface area (Å²) in [6.45, 7) is 11.3. The van der Waals surface area contributed by atoms with Crippen molar-refractivity contribution in [3.8, 4) is 0 Å². The summed E-state index contributed by atoms with van der Waals surface area (Å²) in [6, 6.07) is 0. The molecule has 5 heteroatoms. The van der Waals surface area contributed by atoms with Gasteiger partial charge in [0.05, 0.1) is 13.2 Å². The maximum Gasteiger partial charge on any atom is 0.410 e. The van der Waals surface area contributed by atoms with Gasteiger partial charge in [0.25, 0.3) is 0 Å². The number of unbranched alkanes of at least 4 members (excludes halogenated alkanes) is 13. The molecule has 0 aromatic heterocycles. The lowest BCUT2D eigenvalue weighted by Crippen LogP contribution is -2.38. The van der Waals surface area contributed by atoms with Gasteiger partial charge in [-0.3, -0.25) is 9.69 Å². The predicted molar refractivity (Wildman–Crippen MR) is 129 cm³/mol. The Morgan fingerprint density at radius 1 is 0.677 bits per heavy atom. The van der Waals surface area contributed by atoms with Gasteiger partial charge in [-0.15, -0.1) is 0 Å². The van der Waals surface area contributed by atoms with E-state index in [4.69, 9.17) is 9.47 Å². The van der Waals surface area contributed by atoms with Gasteiger partial charge in [-0.2, -0.15) is 0 Å². The molecule has 1 amide bonds. The summed E-state index contributed by atoms with van der Waals surface area (Å²) in [6.07, 6.45) is 17.8. The van der Waals surface area contributed by atoms with Crippen LogP contribution in [0.4, 0.5) is 4.79 Å². The molecule has 0 spiro atoms. The average Bonchev–Trinajstić information content (AvgIpc) is 2.72. The number of nitrogens with zero attached hydrogens (tertiary/aromatic N) is 1. The number of carbonyl (C=O) groups is 2. The van der Waals surface area contributed by atoms with E-state index in [-0.39, 0.29) is 17.9 Å². The molecule has 0 unspecified atom stereocenters. The number of amides is 1. The van der Waals surface area contributed by atoms with Crippen LogP contribution in [-0.2, 0) is 14.3 Å². The van der Waals surface area contributed by atoms with E-state index in [9.17, 15) is 9.59 Å². The largest absolute Gasteiger partial charge is 0.464 e. The first-order valence-corrected chi connectivity index (χ1v) is 12.9. The van der Waals surface area contributed by atoms with Crippen molar-refractivity contribution in [1.29, 1.82) is 0 Å². The van der Waals surface area contributed by atoms with Crippen LogP contribution in [0.5, 0.6) is 0 Å². The molecule has 0 N–H and O–H groups in total. The number of likely N-dealkylation sites (N-methyl/N-ethyl adjacent to an activating group) is 1. The van der Waals surface area contributed by atoms with Crippen LogP contribution in [0.25, 0.3) is 0 Å². The zero-order valence-corrected chi connectivity index (χ0v) is 21.3. The van der Waals surface area contributed by atoms with Crippen LogP contribution in [0.3, 0.4) is 0 Å². The Morgan fingerprint density at radius 3 is 1.55 bits per heavy atom. The quantitative estimate of drug-likeness (QED) is 0.154. The molecule has 0 radical (unpaired) electrons. The third kappa shape index (κ3) is 20.4. The van der Waals surface area contributed by atoms with E-state index < -0.39 is 6.09 Å². The Kier molecular flexibility index (Phi) is 18.6. The highest BCUT2D eigenvalue weighted by Crippen LogP contribution is 2.14. The normalized spacial score (nSPS) is 11.4. The van der Waals surface area contributed by atoms with Gasteiger partial charge >= 0.3 is 12.1 Å². The molecular formula is C26H51NO4. The summed E-state index contributed by atoms with van der Waals surface area (Å²) < 4.78 is 10.6. The summed E-state index contributed by atoms with van der Waals surface area (Å²) in [4.78, 5) is 25.4. The fourth-order valence-electron chi connectivity index (χ4n) is 3.36. The van der Waals surface area contributed by atoms with Gasteiger partial charge in [-0.25, -0.2) is 4.79 Å². The van der Waals surface area contributed by atoms with Gasteiger partial charge in [0.2, 0.25) is 0 Å². The van der Waals surface area contributed by atoms with E-state index in [2.05, 4.69) is 6.92 Å². The van der Waals surface area contributed by atoms with E-state index in [1.807, 2.05) is 27.7 Å². The lowest BCUT2D eigenvalue weighted by Gasteiger charge is -2.23. The molecule has 184 valence electrons. The van der Waals surface area contributed by atoms with Crippen LogP contribution in [0.15, 0.2) is 0 Å². The highest BCUT2D eigenvalue weighted by Gasteiger charge is 2.20. The van der Waals surface area contributed by atoms with Crippen molar-refractivity contribution in [2.45, 2.75) is 125 Å². The van der Waals surface area contributed by atoms with Crippen molar-refractivity contribution in [3.63, 3.8) is 0 Å². The molecule has 0 aliphatic rings. The number of rotatable bonds is 19. The molecule has 0 fully saturated rings. The predicted octanol–water partition coefficient (Wildman–Crippen LogP) is 7.52. The first kappa shape index (κ1) is 29.7. The second-order valence-electron chi connectivity index (χ2n) is 9.95. The molecule has 0 rings (SSSR count). The van der Waals surface area contributed by atoms with Crippen LogP contribution < -0.4 is 0 Å². The molecule has 0 atom stereocenters. The highest BCUT2D eigenvalue weighted by molar-refractivity contribution is 5.78. The minimum atomic E-state index is -0.453. The molecule has 0 saturated carbocycles. The smallest absolute Gasteiger partial charge is 0.410 e. The first-order valence-electron chi connectivity index (χ1n) is 12.9. The zero-order chi connectivity index (χ0) is 23.4. The van der Waals surface area contributed by atoms with Gasteiger partial charge in [-0.1, -0.05) is 111 Å². The topological polar surface area (TPSA) is 55.8 Å². The summed E-state index contributed by atoms with van der Waals surface area (Å²) in [7, 11) is 0. The molecule has 0 aromatic carbocycles. The number of esters is 1. The summed E-state index contributed by atoms with van der Waals surface area (Å²) in [5.74, 6) is -0.357. The van der Waals surface area contributed by atoms with Crippen LogP contribution in [0.1, 0.15) is 125 Å². The maximum absolute atomic E-state index is 12.1.